The second-order valence-corrected chi connectivity index (χ2v) is 8.36. The first-order valence-corrected chi connectivity index (χ1v) is 10.9. The molecular weight excluding hydrogens is 412 g/mol. The van der Waals surface area contributed by atoms with Crippen molar-refractivity contribution in [3.63, 3.8) is 0 Å². The fraction of sp³-hybridized carbons (Fsp3) is 0.217. The van der Waals surface area contributed by atoms with Crippen LogP contribution in [0, 0.1) is 6.92 Å². The van der Waals surface area contributed by atoms with Crippen LogP contribution in [0.4, 0.5) is 10.8 Å². The van der Waals surface area contributed by atoms with Crippen molar-refractivity contribution >= 4 is 39.7 Å². The highest BCUT2D eigenvalue weighted by atomic mass is 32.1. The van der Waals surface area contributed by atoms with E-state index in [1.165, 1.54) is 21.9 Å². The summed E-state index contributed by atoms with van der Waals surface area (Å²) in [5.74, 6) is 0.461. The zero-order valence-corrected chi connectivity index (χ0v) is 17.7. The normalized spacial score (nSPS) is 15.3. The van der Waals surface area contributed by atoms with Gasteiger partial charge in [0.15, 0.2) is 5.13 Å². The number of anilines is 2. The second kappa shape index (κ2) is 7.96. The zero-order valence-electron chi connectivity index (χ0n) is 16.9. The van der Waals surface area contributed by atoms with E-state index in [9.17, 15) is 9.59 Å². The summed E-state index contributed by atoms with van der Waals surface area (Å²) in [7, 11) is 0. The summed E-state index contributed by atoms with van der Waals surface area (Å²) in [6.07, 6.45) is 1.43. The molecule has 0 atom stereocenters. The quantitative estimate of drug-likeness (QED) is 0.671. The lowest BCUT2D eigenvalue weighted by Gasteiger charge is -2.23. The molecule has 8 heteroatoms. The number of aromatic nitrogens is 1. The van der Waals surface area contributed by atoms with Gasteiger partial charge in [-0.3, -0.25) is 14.9 Å². The minimum absolute atomic E-state index is 0.126. The van der Waals surface area contributed by atoms with Crippen LogP contribution in [0.1, 0.15) is 24.0 Å². The molecule has 3 heterocycles. The second-order valence-electron chi connectivity index (χ2n) is 7.50. The maximum absolute atomic E-state index is 12.8. The van der Waals surface area contributed by atoms with Gasteiger partial charge in [-0.1, -0.05) is 12.1 Å². The summed E-state index contributed by atoms with van der Waals surface area (Å²) in [6, 6.07) is 13.5. The van der Waals surface area contributed by atoms with Crippen molar-refractivity contribution in [1.29, 1.82) is 0 Å². The van der Waals surface area contributed by atoms with Gasteiger partial charge in [0.25, 0.3) is 5.91 Å². The van der Waals surface area contributed by atoms with E-state index in [0.717, 1.165) is 29.0 Å². The lowest BCUT2D eigenvalue weighted by molar-refractivity contribution is -0.118. The van der Waals surface area contributed by atoms with Gasteiger partial charge >= 0.3 is 0 Å². The number of nitrogens with zero attached hydrogens (tertiary/aromatic N) is 3. The summed E-state index contributed by atoms with van der Waals surface area (Å²) in [6.45, 7) is 2.66. The number of benzene rings is 2. The Labute approximate surface area is 183 Å². The molecule has 3 aromatic rings. The summed E-state index contributed by atoms with van der Waals surface area (Å²) in [4.78, 5) is 29.7. The van der Waals surface area contributed by atoms with E-state index in [2.05, 4.69) is 21.5 Å². The number of aryl methyl sites for hydroxylation is 1. The molecule has 0 unspecified atom stereocenters. The fourth-order valence-electron chi connectivity index (χ4n) is 3.66. The number of ether oxygens (including phenoxy) is 1. The molecule has 2 aliphatic rings. The van der Waals surface area contributed by atoms with Crippen LogP contribution in [0.2, 0.25) is 0 Å². The van der Waals surface area contributed by atoms with Crippen molar-refractivity contribution in [3.8, 4) is 17.0 Å². The number of rotatable bonds is 4. The maximum Gasteiger partial charge on any atom is 0.273 e. The monoisotopic (exact) mass is 432 g/mol. The highest BCUT2D eigenvalue weighted by Crippen LogP contribution is 2.32. The predicted molar refractivity (Wildman–Crippen MR) is 121 cm³/mol. The predicted octanol–water partition coefficient (Wildman–Crippen LogP) is 4.17. The van der Waals surface area contributed by atoms with Crippen molar-refractivity contribution in [1.82, 2.24) is 4.98 Å². The minimum atomic E-state index is -0.339. The van der Waals surface area contributed by atoms with Crippen molar-refractivity contribution in [3.05, 3.63) is 59.0 Å². The summed E-state index contributed by atoms with van der Waals surface area (Å²) in [5.41, 5.74) is 4.96. The fourth-order valence-corrected chi connectivity index (χ4v) is 4.37. The van der Waals surface area contributed by atoms with Gasteiger partial charge in [0, 0.05) is 30.2 Å². The Hall–Kier alpha value is -3.52. The molecule has 2 amide bonds. The molecule has 1 aromatic heterocycles. The summed E-state index contributed by atoms with van der Waals surface area (Å²) >= 11 is 1.36. The smallest absolute Gasteiger partial charge is 0.273 e. The van der Waals surface area contributed by atoms with Gasteiger partial charge in [-0.25, -0.2) is 9.99 Å². The van der Waals surface area contributed by atoms with Gasteiger partial charge in [-0.05, 0) is 48.4 Å². The summed E-state index contributed by atoms with van der Waals surface area (Å²) < 4.78 is 5.55. The number of carbonyl (C=O) groups excluding carboxylic acids is 2. The molecule has 2 aromatic carbocycles. The van der Waals surface area contributed by atoms with Gasteiger partial charge < -0.3 is 4.74 Å². The van der Waals surface area contributed by atoms with E-state index < -0.39 is 0 Å². The molecule has 0 aliphatic carbocycles. The molecule has 156 valence electrons. The van der Waals surface area contributed by atoms with Crippen LogP contribution in [-0.2, 0) is 16.0 Å². The standard InChI is InChI=1S/C23H20N4O3S/c1-14-3-2-4-17(11-14)27-21(28)8-6-18(26-27)22(29)25-23-24-19(13-31-23)15-5-7-20-16(12-15)9-10-30-20/h2-5,7,11-13H,6,8-10H2,1H3,(H,24,25,29). The molecule has 2 aliphatic heterocycles. The molecule has 0 saturated heterocycles. The minimum Gasteiger partial charge on any atom is -0.493 e. The van der Waals surface area contributed by atoms with Gasteiger partial charge in [0.1, 0.15) is 11.5 Å². The van der Waals surface area contributed by atoms with Gasteiger partial charge in [-0.15, -0.1) is 11.3 Å². The number of hydrazone groups is 1. The topological polar surface area (TPSA) is 83.9 Å². The van der Waals surface area contributed by atoms with Crippen LogP contribution in [0.5, 0.6) is 5.75 Å². The number of hydrogen-bond donors (Lipinski definition) is 1. The largest absolute Gasteiger partial charge is 0.493 e. The Morgan fingerprint density at radius 2 is 2.06 bits per heavy atom. The number of carbonyl (C=O) groups is 2. The Morgan fingerprint density at radius 1 is 1.16 bits per heavy atom. The van der Waals surface area contributed by atoms with E-state index >= 15 is 0 Å². The summed E-state index contributed by atoms with van der Waals surface area (Å²) in [5, 5.41) is 10.9. The van der Waals surface area contributed by atoms with Crippen molar-refractivity contribution in [2.45, 2.75) is 26.2 Å². The van der Waals surface area contributed by atoms with Crippen LogP contribution < -0.4 is 15.1 Å². The molecular formula is C23H20N4O3S. The lowest BCUT2D eigenvalue weighted by atomic mass is 10.1. The number of fused-ring (bicyclic) bond motifs is 1. The molecule has 7 nitrogen and oxygen atoms in total. The highest BCUT2D eigenvalue weighted by molar-refractivity contribution is 7.14. The first-order valence-electron chi connectivity index (χ1n) is 10.1. The molecule has 1 N–H and O–H groups in total. The lowest BCUT2D eigenvalue weighted by Crippen LogP contribution is -2.36. The van der Waals surface area contributed by atoms with Gasteiger partial charge in [-0.2, -0.15) is 5.10 Å². The number of nitrogens with one attached hydrogen (secondary N) is 1. The number of thiazole rings is 1. The van der Waals surface area contributed by atoms with E-state index in [1.807, 2.05) is 48.7 Å². The van der Waals surface area contributed by atoms with Crippen LogP contribution in [0.15, 0.2) is 52.9 Å². The van der Waals surface area contributed by atoms with E-state index in [0.29, 0.717) is 29.6 Å². The average molecular weight is 433 g/mol. The molecule has 0 spiro atoms. The SMILES string of the molecule is Cc1cccc(N2N=C(C(=O)Nc3nc(-c4ccc5c(c4)CCO5)cs3)CCC2=O)c1. The third kappa shape index (κ3) is 3.94. The average Bonchev–Trinajstić information content (AvgIpc) is 3.43. The van der Waals surface area contributed by atoms with Crippen LogP contribution in [-0.4, -0.2) is 29.1 Å². The van der Waals surface area contributed by atoms with E-state index in [1.54, 1.807) is 0 Å². The third-order valence-electron chi connectivity index (χ3n) is 5.25. The molecule has 5 rings (SSSR count). The molecule has 0 fully saturated rings. The van der Waals surface area contributed by atoms with Crippen molar-refractivity contribution in [2.75, 3.05) is 16.9 Å². The Balaban J connectivity index is 1.33. The number of hydrogen-bond acceptors (Lipinski definition) is 6. The molecule has 0 radical (unpaired) electrons. The zero-order chi connectivity index (χ0) is 21.4. The maximum atomic E-state index is 12.8. The highest BCUT2D eigenvalue weighted by Gasteiger charge is 2.26. The van der Waals surface area contributed by atoms with Crippen LogP contribution in [0.3, 0.4) is 0 Å². The first kappa shape index (κ1) is 19.4. The van der Waals surface area contributed by atoms with Gasteiger partial charge in [0.2, 0.25) is 5.91 Å². The van der Waals surface area contributed by atoms with Crippen molar-refractivity contribution < 1.29 is 14.3 Å². The molecule has 0 bridgehead atoms. The van der Waals surface area contributed by atoms with Crippen LogP contribution >= 0.6 is 11.3 Å². The molecule has 31 heavy (non-hydrogen) atoms. The Kier molecular flexibility index (Phi) is 4.99. The van der Waals surface area contributed by atoms with Gasteiger partial charge in [0.05, 0.1) is 18.0 Å². The van der Waals surface area contributed by atoms with E-state index in [-0.39, 0.29) is 18.2 Å². The Bertz CT molecular complexity index is 1220. The van der Waals surface area contributed by atoms with Crippen LogP contribution in [0.25, 0.3) is 11.3 Å². The first-order chi connectivity index (χ1) is 15.1. The van der Waals surface area contributed by atoms with E-state index in [4.69, 9.17) is 4.74 Å². The number of amides is 2. The van der Waals surface area contributed by atoms with Crippen molar-refractivity contribution in [2.24, 2.45) is 5.10 Å². The Morgan fingerprint density at radius 3 is 2.94 bits per heavy atom. The molecule has 0 saturated carbocycles. The third-order valence-corrected chi connectivity index (χ3v) is 6.01.